The fraction of sp³-hybridized carbons (Fsp3) is 0.680. The molecular formula is C25H36N4O2. The Morgan fingerprint density at radius 1 is 0.903 bits per heavy atom. The van der Waals surface area contributed by atoms with Crippen LogP contribution >= 0.6 is 0 Å². The second kappa shape index (κ2) is 8.71. The summed E-state index contributed by atoms with van der Waals surface area (Å²) < 4.78 is 0. The van der Waals surface area contributed by atoms with Gasteiger partial charge in [-0.15, -0.1) is 0 Å². The molecule has 1 aliphatic heterocycles. The van der Waals surface area contributed by atoms with Crippen molar-refractivity contribution in [3.63, 3.8) is 0 Å². The van der Waals surface area contributed by atoms with E-state index in [4.69, 9.17) is 0 Å². The summed E-state index contributed by atoms with van der Waals surface area (Å²) in [6.07, 6.45) is 9.60. The van der Waals surface area contributed by atoms with Gasteiger partial charge in [-0.3, -0.25) is 0 Å². The molecule has 4 aliphatic carbocycles. The van der Waals surface area contributed by atoms with Gasteiger partial charge >= 0.3 is 12.1 Å². The number of benzene rings is 1. The molecule has 6 rings (SSSR count). The maximum Gasteiger partial charge on any atom is 0.317 e. The summed E-state index contributed by atoms with van der Waals surface area (Å²) in [7, 11) is 0. The summed E-state index contributed by atoms with van der Waals surface area (Å²) >= 11 is 0. The van der Waals surface area contributed by atoms with E-state index in [1.54, 1.807) is 0 Å². The maximum absolute atomic E-state index is 12.7. The Balaban J connectivity index is 1.02. The molecule has 4 amide bonds. The standard InChI is InChI=1S/C25H36N4O2/c30-23(28-25-13-20-10-21(14-25)12-22(11-20)15-25)26-16-19-6-8-29(9-7-19)24(31)27-17-18-4-2-1-3-5-18/h1-5,19-22H,6-17H2,(H,27,31)(H2,26,28,30). The van der Waals surface area contributed by atoms with Crippen molar-refractivity contribution in [2.75, 3.05) is 19.6 Å². The number of piperidine rings is 1. The van der Waals surface area contributed by atoms with Crippen molar-refractivity contribution in [2.24, 2.45) is 23.7 Å². The van der Waals surface area contributed by atoms with Crippen molar-refractivity contribution in [1.82, 2.24) is 20.9 Å². The van der Waals surface area contributed by atoms with E-state index >= 15 is 0 Å². The predicted octanol–water partition coefficient (Wildman–Crippen LogP) is 3.88. The van der Waals surface area contributed by atoms with Crippen LogP contribution in [0.15, 0.2) is 30.3 Å². The van der Waals surface area contributed by atoms with Gasteiger partial charge in [-0.05, 0) is 80.6 Å². The highest BCUT2D eigenvalue weighted by molar-refractivity contribution is 5.75. The number of hydrogen-bond donors (Lipinski definition) is 3. The number of amides is 4. The molecule has 6 nitrogen and oxygen atoms in total. The van der Waals surface area contributed by atoms with Crippen molar-refractivity contribution < 1.29 is 9.59 Å². The van der Waals surface area contributed by atoms with Crippen LogP contribution in [0.1, 0.15) is 56.9 Å². The highest BCUT2D eigenvalue weighted by Crippen LogP contribution is 2.55. The molecular weight excluding hydrogens is 388 g/mol. The number of carbonyl (C=O) groups is 2. The molecule has 0 spiro atoms. The van der Waals surface area contributed by atoms with Crippen LogP contribution in [0.5, 0.6) is 0 Å². The molecule has 6 heteroatoms. The third kappa shape index (κ3) is 4.83. The Bertz CT molecular complexity index is 753. The zero-order chi connectivity index (χ0) is 21.3. The summed E-state index contributed by atoms with van der Waals surface area (Å²) in [5.74, 6) is 2.96. The molecule has 1 aromatic rings. The molecule has 168 valence electrons. The lowest BCUT2D eigenvalue weighted by Gasteiger charge is -2.56. The molecule has 0 atom stereocenters. The molecule has 0 unspecified atom stereocenters. The van der Waals surface area contributed by atoms with Gasteiger partial charge < -0.3 is 20.9 Å². The highest BCUT2D eigenvalue weighted by atomic mass is 16.2. The quantitative estimate of drug-likeness (QED) is 0.671. The van der Waals surface area contributed by atoms with E-state index in [0.29, 0.717) is 19.0 Å². The van der Waals surface area contributed by atoms with Gasteiger partial charge in [-0.25, -0.2) is 9.59 Å². The van der Waals surface area contributed by atoms with Crippen molar-refractivity contribution in [1.29, 1.82) is 0 Å². The Labute approximate surface area is 185 Å². The summed E-state index contributed by atoms with van der Waals surface area (Å²) in [5, 5.41) is 9.56. The van der Waals surface area contributed by atoms with Crippen molar-refractivity contribution >= 4 is 12.1 Å². The SMILES string of the molecule is O=C(NCC1CCN(C(=O)NCc2ccccc2)CC1)NC12CC3CC(CC(C3)C1)C2. The van der Waals surface area contributed by atoms with Crippen LogP contribution in [0.25, 0.3) is 0 Å². The minimum Gasteiger partial charge on any atom is -0.338 e. The van der Waals surface area contributed by atoms with Gasteiger partial charge in [0, 0.05) is 31.7 Å². The normalized spacial score (nSPS) is 32.0. The molecule has 1 saturated heterocycles. The largest absolute Gasteiger partial charge is 0.338 e. The van der Waals surface area contributed by atoms with Gasteiger partial charge in [0.15, 0.2) is 0 Å². The lowest BCUT2D eigenvalue weighted by molar-refractivity contribution is -0.0135. The van der Waals surface area contributed by atoms with Gasteiger partial charge in [-0.1, -0.05) is 30.3 Å². The third-order valence-electron chi connectivity index (χ3n) is 8.16. The summed E-state index contributed by atoms with van der Waals surface area (Å²) in [5.41, 5.74) is 1.18. The average molecular weight is 425 g/mol. The van der Waals surface area contributed by atoms with Gasteiger partial charge in [0.1, 0.15) is 0 Å². The van der Waals surface area contributed by atoms with E-state index in [9.17, 15) is 9.59 Å². The predicted molar refractivity (Wildman–Crippen MR) is 120 cm³/mol. The zero-order valence-electron chi connectivity index (χ0n) is 18.4. The van der Waals surface area contributed by atoms with Crippen molar-refractivity contribution in [3.05, 3.63) is 35.9 Å². The molecule has 4 saturated carbocycles. The number of nitrogens with one attached hydrogen (secondary N) is 3. The highest BCUT2D eigenvalue weighted by Gasteiger charge is 2.51. The number of likely N-dealkylation sites (tertiary alicyclic amines) is 1. The Kier molecular flexibility index (Phi) is 5.81. The number of rotatable bonds is 5. The summed E-state index contributed by atoms with van der Waals surface area (Å²) in [6.45, 7) is 2.77. The Morgan fingerprint density at radius 2 is 1.52 bits per heavy atom. The van der Waals surface area contributed by atoms with E-state index in [2.05, 4.69) is 16.0 Å². The van der Waals surface area contributed by atoms with E-state index in [1.165, 1.54) is 38.5 Å². The fourth-order valence-electron chi connectivity index (χ4n) is 7.01. The first-order chi connectivity index (χ1) is 15.1. The molecule has 1 heterocycles. The van der Waals surface area contributed by atoms with Crippen LogP contribution in [-0.4, -0.2) is 42.1 Å². The number of carbonyl (C=O) groups excluding carboxylic acids is 2. The van der Waals surface area contributed by atoms with Crippen LogP contribution in [0.3, 0.4) is 0 Å². The smallest absolute Gasteiger partial charge is 0.317 e. The molecule has 5 fully saturated rings. The number of nitrogens with zero attached hydrogens (tertiary/aromatic N) is 1. The van der Waals surface area contributed by atoms with Crippen LogP contribution in [-0.2, 0) is 6.54 Å². The minimum absolute atomic E-state index is 0.00909. The number of urea groups is 2. The molecule has 1 aromatic carbocycles. The van der Waals surface area contributed by atoms with Crippen molar-refractivity contribution in [2.45, 2.75) is 63.5 Å². The fourth-order valence-corrected chi connectivity index (χ4v) is 7.01. The topological polar surface area (TPSA) is 73.5 Å². The molecule has 0 aromatic heterocycles. The van der Waals surface area contributed by atoms with Crippen LogP contribution in [0.4, 0.5) is 9.59 Å². The van der Waals surface area contributed by atoms with Gasteiger partial charge in [-0.2, -0.15) is 0 Å². The summed E-state index contributed by atoms with van der Waals surface area (Å²) in [6, 6.07) is 10.0. The van der Waals surface area contributed by atoms with Gasteiger partial charge in [0.2, 0.25) is 0 Å². The first-order valence-corrected chi connectivity index (χ1v) is 12.2. The summed E-state index contributed by atoms with van der Waals surface area (Å²) in [4.78, 5) is 27.0. The first-order valence-electron chi connectivity index (χ1n) is 12.2. The lowest BCUT2D eigenvalue weighted by atomic mass is 9.53. The van der Waals surface area contributed by atoms with E-state index in [1.807, 2.05) is 35.2 Å². The van der Waals surface area contributed by atoms with Gasteiger partial charge in [0.25, 0.3) is 0 Å². The second-order valence-electron chi connectivity index (χ2n) is 10.6. The maximum atomic E-state index is 12.7. The zero-order valence-corrected chi connectivity index (χ0v) is 18.4. The Hall–Kier alpha value is -2.24. The minimum atomic E-state index is 0.00909. The van der Waals surface area contributed by atoms with Crippen LogP contribution in [0.2, 0.25) is 0 Å². The van der Waals surface area contributed by atoms with Crippen molar-refractivity contribution in [3.8, 4) is 0 Å². The van der Waals surface area contributed by atoms with Crippen LogP contribution < -0.4 is 16.0 Å². The lowest BCUT2D eigenvalue weighted by Crippen LogP contribution is -2.61. The molecule has 4 bridgehead atoms. The monoisotopic (exact) mass is 424 g/mol. The molecule has 0 radical (unpaired) electrons. The van der Waals surface area contributed by atoms with Crippen LogP contribution in [0, 0.1) is 23.7 Å². The van der Waals surface area contributed by atoms with E-state index in [0.717, 1.165) is 49.2 Å². The Morgan fingerprint density at radius 3 is 2.13 bits per heavy atom. The number of hydrogen-bond acceptors (Lipinski definition) is 2. The van der Waals surface area contributed by atoms with Gasteiger partial charge in [0.05, 0.1) is 0 Å². The molecule has 31 heavy (non-hydrogen) atoms. The van der Waals surface area contributed by atoms with E-state index in [-0.39, 0.29) is 17.6 Å². The molecule has 3 N–H and O–H groups in total. The van der Waals surface area contributed by atoms with E-state index < -0.39 is 0 Å². The second-order valence-corrected chi connectivity index (χ2v) is 10.6. The third-order valence-corrected chi connectivity index (χ3v) is 8.16. The first kappa shape index (κ1) is 20.7. The average Bonchev–Trinajstić information content (AvgIpc) is 2.76. The molecule has 5 aliphatic rings.